The summed E-state index contributed by atoms with van der Waals surface area (Å²) < 4.78 is 5.76. The van der Waals surface area contributed by atoms with Crippen LogP contribution in [0.3, 0.4) is 0 Å². The zero-order valence-corrected chi connectivity index (χ0v) is 20.6. The Balaban J connectivity index is 2.04. The molecular formula is C27H34N2O5. The highest BCUT2D eigenvalue weighted by molar-refractivity contribution is 6.46. The molecule has 0 aliphatic carbocycles. The van der Waals surface area contributed by atoms with Gasteiger partial charge in [0.15, 0.2) is 0 Å². The zero-order chi connectivity index (χ0) is 25.0. The van der Waals surface area contributed by atoms with E-state index in [0.29, 0.717) is 47.9 Å². The molecule has 1 fully saturated rings. The van der Waals surface area contributed by atoms with Crippen molar-refractivity contribution in [1.29, 1.82) is 0 Å². The number of phenols is 1. The molecule has 2 aromatic carbocycles. The smallest absolute Gasteiger partial charge is 0.295 e. The fourth-order valence-corrected chi connectivity index (χ4v) is 4.10. The SMILES string of the molecule is Cc1cc(OCC(C)C)ccc1C([O-])=C1C(=O)C(=O)N(CCC[NH+](C)C)C1c1ccc(O)cc1. The maximum atomic E-state index is 13.6. The number of likely N-dealkylation sites (tertiary alicyclic amines) is 1. The maximum Gasteiger partial charge on any atom is 0.295 e. The third kappa shape index (κ3) is 5.59. The van der Waals surface area contributed by atoms with Crippen molar-refractivity contribution >= 4 is 17.4 Å². The number of phenolic OH excluding ortho intramolecular Hbond substituents is 1. The molecule has 0 aromatic heterocycles. The Morgan fingerprint density at radius 2 is 1.82 bits per heavy atom. The first-order valence-corrected chi connectivity index (χ1v) is 11.7. The van der Waals surface area contributed by atoms with Crippen LogP contribution in [0.15, 0.2) is 48.0 Å². The van der Waals surface area contributed by atoms with E-state index in [2.05, 4.69) is 13.8 Å². The monoisotopic (exact) mass is 466 g/mol. The third-order valence-corrected chi connectivity index (χ3v) is 5.84. The Labute approximate surface area is 201 Å². The zero-order valence-electron chi connectivity index (χ0n) is 20.6. The lowest BCUT2D eigenvalue weighted by molar-refractivity contribution is -0.858. The third-order valence-electron chi connectivity index (χ3n) is 5.84. The Bertz CT molecular complexity index is 1070. The molecule has 0 bridgehead atoms. The quantitative estimate of drug-likeness (QED) is 0.332. The van der Waals surface area contributed by atoms with Gasteiger partial charge in [0.05, 0.1) is 33.3 Å². The minimum Gasteiger partial charge on any atom is -0.872 e. The summed E-state index contributed by atoms with van der Waals surface area (Å²) in [6.07, 6.45) is 0.693. The van der Waals surface area contributed by atoms with E-state index in [-0.39, 0.29) is 11.3 Å². The van der Waals surface area contributed by atoms with Gasteiger partial charge in [-0.3, -0.25) is 9.59 Å². The van der Waals surface area contributed by atoms with E-state index in [1.165, 1.54) is 21.9 Å². The number of nitrogens with one attached hydrogen (secondary N) is 1. The fraction of sp³-hybridized carbons (Fsp3) is 0.407. The average molecular weight is 467 g/mol. The summed E-state index contributed by atoms with van der Waals surface area (Å²) in [5, 5.41) is 23.4. The highest BCUT2D eigenvalue weighted by Crippen LogP contribution is 2.39. The number of quaternary nitrogens is 1. The molecule has 1 heterocycles. The molecule has 7 heteroatoms. The van der Waals surface area contributed by atoms with Crippen molar-refractivity contribution in [2.24, 2.45) is 5.92 Å². The van der Waals surface area contributed by atoms with Crippen LogP contribution in [0.25, 0.3) is 5.76 Å². The minimum absolute atomic E-state index is 0.0492. The first-order valence-electron chi connectivity index (χ1n) is 11.7. The van der Waals surface area contributed by atoms with Crippen LogP contribution in [0, 0.1) is 12.8 Å². The molecule has 1 aliphatic heterocycles. The summed E-state index contributed by atoms with van der Waals surface area (Å²) in [6.45, 7) is 7.64. The van der Waals surface area contributed by atoms with Gasteiger partial charge in [0, 0.05) is 18.5 Å². The van der Waals surface area contributed by atoms with Crippen LogP contribution < -0.4 is 14.7 Å². The van der Waals surface area contributed by atoms with Crippen molar-refractivity contribution in [1.82, 2.24) is 4.90 Å². The number of ether oxygens (including phenoxy) is 1. The van der Waals surface area contributed by atoms with Crippen LogP contribution in [0.2, 0.25) is 0 Å². The highest BCUT2D eigenvalue weighted by Gasteiger charge is 2.44. The van der Waals surface area contributed by atoms with Crippen molar-refractivity contribution in [2.75, 3.05) is 33.8 Å². The molecule has 182 valence electrons. The molecule has 1 amide bonds. The molecule has 2 N–H and O–H groups in total. The number of benzene rings is 2. The van der Waals surface area contributed by atoms with Crippen LogP contribution in [0.1, 0.15) is 43.0 Å². The highest BCUT2D eigenvalue weighted by atomic mass is 16.5. The number of nitrogens with zero attached hydrogens (tertiary/aromatic N) is 1. The number of hydrogen-bond acceptors (Lipinski definition) is 5. The molecule has 2 aromatic rings. The predicted octanol–water partition coefficient (Wildman–Crippen LogP) is 1.49. The Morgan fingerprint density at radius 3 is 2.41 bits per heavy atom. The number of amides is 1. The summed E-state index contributed by atoms with van der Waals surface area (Å²) in [5.41, 5.74) is 1.62. The van der Waals surface area contributed by atoms with Gasteiger partial charge in [0.1, 0.15) is 11.5 Å². The van der Waals surface area contributed by atoms with Crippen molar-refractivity contribution < 1.29 is 29.4 Å². The Hall–Kier alpha value is -3.32. The largest absolute Gasteiger partial charge is 0.872 e. The molecule has 1 atom stereocenters. The number of aryl methyl sites for hydroxylation is 1. The second-order valence-electron chi connectivity index (χ2n) is 9.56. The maximum absolute atomic E-state index is 13.6. The lowest BCUT2D eigenvalue weighted by atomic mass is 9.93. The molecule has 3 rings (SSSR count). The summed E-state index contributed by atoms with van der Waals surface area (Å²) in [7, 11) is 4.04. The summed E-state index contributed by atoms with van der Waals surface area (Å²) >= 11 is 0. The first kappa shape index (κ1) is 25.3. The van der Waals surface area contributed by atoms with Crippen LogP contribution in [0.4, 0.5) is 0 Å². The van der Waals surface area contributed by atoms with Gasteiger partial charge >= 0.3 is 0 Å². The molecule has 0 radical (unpaired) electrons. The van der Waals surface area contributed by atoms with E-state index in [9.17, 15) is 19.8 Å². The number of aromatic hydroxyl groups is 1. The van der Waals surface area contributed by atoms with Crippen molar-refractivity contribution in [3.63, 3.8) is 0 Å². The Kier molecular flexibility index (Phi) is 7.99. The van der Waals surface area contributed by atoms with Gasteiger partial charge in [0.25, 0.3) is 5.91 Å². The first-order chi connectivity index (χ1) is 16.1. The van der Waals surface area contributed by atoms with Gasteiger partial charge in [-0.2, -0.15) is 0 Å². The molecule has 0 spiro atoms. The standard InChI is InChI=1S/C27H34N2O5/c1-17(2)16-34-21-11-12-22(18(3)15-21)25(31)23-24(19-7-9-20(30)10-8-19)29(27(33)26(23)32)14-6-13-28(4)5/h7-12,15,17,24,30-31H,6,13-14,16H2,1-5H3. The second kappa shape index (κ2) is 10.7. The van der Waals surface area contributed by atoms with Gasteiger partial charge in [0.2, 0.25) is 5.78 Å². The van der Waals surface area contributed by atoms with Crippen LogP contribution in [-0.4, -0.2) is 55.5 Å². The van der Waals surface area contributed by atoms with Gasteiger partial charge in [-0.15, -0.1) is 0 Å². The van der Waals surface area contributed by atoms with Gasteiger partial charge in [-0.1, -0.05) is 37.8 Å². The molecule has 0 saturated carbocycles. The van der Waals surface area contributed by atoms with Gasteiger partial charge < -0.3 is 24.7 Å². The topological polar surface area (TPSA) is 94.3 Å². The van der Waals surface area contributed by atoms with Crippen molar-refractivity contribution in [2.45, 2.75) is 33.2 Å². The number of hydrogen-bond donors (Lipinski definition) is 2. The molecule has 7 nitrogen and oxygen atoms in total. The summed E-state index contributed by atoms with van der Waals surface area (Å²) in [6, 6.07) is 10.7. The number of carbonyl (C=O) groups excluding carboxylic acids is 2. The number of carbonyl (C=O) groups is 2. The van der Waals surface area contributed by atoms with E-state index in [0.717, 1.165) is 6.54 Å². The molecule has 34 heavy (non-hydrogen) atoms. The fourth-order valence-electron chi connectivity index (χ4n) is 4.10. The van der Waals surface area contributed by atoms with Crippen LogP contribution >= 0.6 is 0 Å². The normalized spacial score (nSPS) is 17.7. The summed E-state index contributed by atoms with van der Waals surface area (Å²) in [4.78, 5) is 28.8. The Morgan fingerprint density at radius 1 is 1.15 bits per heavy atom. The number of Topliss-reactive ketones (excluding diaryl/α,β-unsaturated/α-hetero) is 1. The molecule has 1 unspecified atom stereocenters. The van der Waals surface area contributed by atoms with E-state index in [4.69, 9.17) is 4.74 Å². The van der Waals surface area contributed by atoms with Gasteiger partial charge in [-0.25, -0.2) is 0 Å². The van der Waals surface area contributed by atoms with E-state index < -0.39 is 23.5 Å². The minimum atomic E-state index is -0.790. The lowest BCUT2D eigenvalue weighted by Crippen LogP contribution is -3.05. The van der Waals surface area contributed by atoms with Crippen molar-refractivity contribution in [3.05, 3.63) is 64.7 Å². The molecular weight excluding hydrogens is 432 g/mol. The van der Waals surface area contributed by atoms with E-state index in [1.54, 1.807) is 37.3 Å². The van der Waals surface area contributed by atoms with Gasteiger partial charge in [-0.05, 0) is 53.8 Å². The van der Waals surface area contributed by atoms with Crippen molar-refractivity contribution in [3.8, 4) is 11.5 Å². The van der Waals surface area contributed by atoms with E-state index in [1.807, 2.05) is 14.1 Å². The lowest BCUT2D eigenvalue weighted by Gasteiger charge is -2.28. The molecule has 1 aliphatic rings. The van der Waals surface area contributed by atoms with E-state index >= 15 is 0 Å². The number of ketones is 1. The number of rotatable bonds is 9. The van der Waals surface area contributed by atoms with Crippen LogP contribution in [-0.2, 0) is 9.59 Å². The molecule has 1 saturated heterocycles. The predicted molar refractivity (Wildman–Crippen MR) is 128 cm³/mol. The summed E-state index contributed by atoms with van der Waals surface area (Å²) in [5.74, 6) is -0.785. The second-order valence-corrected chi connectivity index (χ2v) is 9.56. The van der Waals surface area contributed by atoms with Crippen LogP contribution in [0.5, 0.6) is 11.5 Å². The average Bonchev–Trinajstić information content (AvgIpc) is 3.02.